The Morgan fingerprint density at radius 3 is 1.32 bits per heavy atom. The van der Waals surface area contributed by atoms with Crippen LogP contribution in [0.4, 0.5) is 0 Å². The second-order valence-corrected chi connectivity index (χ2v) is 5.80. The summed E-state index contributed by atoms with van der Waals surface area (Å²) in [5.74, 6) is 0. The van der Waals surface area contributed by atoms with Crippen LogP contribution in [-0.2, 0) is 13.1 Å². The Balaban J connectivity index is 1.85. The van der Waals surface area contributed by atoms with Gasteiger partial charge in [-0.15, -0.1) is 0 Å². The molecule has 0 unspecified atom stereocenters. The molecule has 0 aliphatic rings. The number of nitrogens with zero attached hydrogens (tertiary/aromatic N) is 2. The van der Waals surface area contributed by atoms with Gasteiger partial charge in [0.1, 0.15) is 0 Å². The fourth-order valence-electron chi connectivity index (χ4n) is 2.75. The summed E-state index contributed by atoms with van der Waals surface area (Å²) in [7, 11) is 0. The number of aromatic nitrogens is 2. The van der Waals surface area contributed by atoms with Crippen LogP contribution in [0.25, 0.3) is 0 Å². The van der Waals surface area contributed by atoms with Crippen molar-refractivity contribution >= 4 is 0 Å². The number of hydrogen-bond donors (Lipinski definition) is 0. The molecule has 0 aliphatic carbocycles. The summed E-state index contributed by atoms with van der Waals surface area (Å²) < 4.78 is 4.43. The smallest absolute Gasteiger partial charge is 0.174 e. The molecule has 0 spiro atoms. The van der Waals surface area contributed by atoms with E-state index in [0.29, 0.717) is 0 Å². The molecule has 22 heavy (non-hydrogen) atoms. The zero-order valence-corrected chi connectivity index (χ0v) is 13.2. The van der Waals surface area contributed by atoms with Crippen LogP contribution in [0.2, 0.25) is 0 Å². The van der Waals surface area contributed by atoms with Crippen molar-refractivity contribution in [1.82, 2.24) is 0 Å². The Hall–Kier alpha value is -2.48. The molecule has 0 fully saturated rings. The predicted octanol–water partition coefficient (Wildman–Crippen LogP) is 2.98. The number of pyridine rings is 2. The van der Waals surface area contributed by atoms with Crippen LogP contribution >= 0.6 is 0 Å². The molecule has 3 rings (SSSR count). The first-order chi connectivity index (χ1) is 10.7. The van der Waals surface area contributed by atoms with Crippen molar-refractivity contribution in [1.29, 1.82) is 0 Å². The normalized spacial score (nSPS) is 10.6. The van der Waals surface area contributed by atoms with E-state index in [-0.39, 0.29) is 0 Å². The van der Waals surface area contributed by atoms with E-state index in [1.54, 1.807) is 0 Å². The highest BCUT2D eigenvalue weighted by molar-refractivity contribution is 5.36. The highest BCUT2D eigenvalue weighted by Gasteiger charge is 2.11. The number of aryl methyl sites for hydroxylation is 2. The van der Waals surface area contributed by atoms with Gasteiger partial charge < -0.3 is 0 Å². The largest absolute Gasteiger partial charge is 0.201 e. The van der Waals surface area contributed by atoms with Crippen molar-refractivity contribution in [3.8, 4) is 0 Å². The summed E-state index contributed by atoms with van der Waals surface area (Å²) >= 11 is 0. The zero-order valence-electron chi connectivity index (χ0n) is 13.2. The van der Waals surface area contributed by atoms with Gasteiger partial charge in [0.25, 0.3) is 0 Å². The Bertz CT molecular complexity index is 682. The molecule has 2 aromatic heterocycles. The van der Waals surface area contributed by atoms with Crippen LogP contribution < -0.4 is 9.13 Å². The molecule has 0 amide bonds. The third-order valence-electron chi connectivity index (χ3n) is 4.05. The average Bonchev–Trinajstić information content (AvgIpc) is 2.54. The highest BCUT2D eigenvalue weighted by atomic mass is 14.9. The summed E-state index contributed by atoms with van der Waals surface area (Å²) in [5.41, 5.74) is 5.48. The maximum Gasteiger partial charge on any atom is 0.174 e. The van der Waals surface area contributed by atoms with E-state index in [1.807, 2.05) is 0 Å². The van der Waals surface area contributed by atoms with E-state index in [4.69, 9.17) is 0 Å². The van der Waals surface area contributed by atoms with E-state index in [9.17, 15) is 0 Å². The van der Waals surface area contributed by atoms with Gasteiger partial charge in [-0.1, -0.05) is 12.1 Å². The molecule has 0 atom stereocenters. The van der Waals surface area contributed by atoms with Crippen molar-refractivity contribution in [2.24, 2.45) is 0 Å². The van der Waals surface area contributed by atoms with Crippen LogP contribution in [0.5, 0.6) is 0 Å². The maximum absolute atomic E-state index is 2.33. The minimum Gasteiger partial charge on any atom is -0.201 e. The Labute approximate surface area is 132 Å². The number of benzene rings is 1. The van der Waals surface area contributed by atoms with Crippen LogP contribution in [0.1, 0.15) is 22.3 Å². The summed E-state index contributed by atoms with van der Waals surface area (Å²) in [6.07, 6.45) is 8.45. The van der Waals surface area contributed by atoms with Crippen LogP contribution in [0.3, 0.4) is 0 Å². The molecule has 0 aliphatic heterocycles. The Morgan fingerprint density at radius 1 is 0.591 bits per heavy atom. The number of hydrogen-bond acceptors (Lipinski definition) is 0. The molecule has 2 nitrogen and oxygen atoms in total. The minimum absolute atomic E-state index is 0.923. The molecule has 0 N–H and O–H groups in total. The van der Waals surface area contributed by atoms with E-state index >= 15 is 0 Å². The van der Waals surface area contributed by atoms with Gasteiger partial charge in [0.2, 0.25) is 0 Å². The standard InChI is InChI=1S/C20H22N2/c1-17-13-20(16-22-11-7-4-8-12-22)18(2)14-19(17)15-21-9-5-3-6-10-21/h3-14H,15-16H2,1-2H3/q+2. The second kappa shape index (κ2) is 6.52. The fourth-order valence-corrected chi connectivity index (χ4v) is 2.75. The molecule has 2 heteroatoms. The summed E-state index contributed by atoms with van der Waals surface area (Å²) in [6, 6.07) is 17.0. The SMILES string of the molecule is Cc1cc(C[n+]2ccccc2)c(C)cc1C[n+]1ccccc1. The topological polar surface area (TPSA) is 7.76 Å². The van der Waals surface area contributed by atoms with Gasteiger partial charge >= 0.3 is 0 Å². The van der Waals surface area contributed by atoms with Crippen LogP contribution in [0.15, 0.2) is 73.3 Å². The van der Waals surface area contributed by atoms with Gasteiger partial charge in [-0.2, -0.15) is 0 Å². The van der Waals surface area contributed by atoms with Gasteiger partial charge in [0, 0.05) is 35.4 Å². The van der Waals surface area contributed by atoms with Crippen molar-refractivity contribution in [2.75, 3.05) is 0 Å². The van der Waals surface area contributed by atoms with Crippen LogP contribution in [0, 0.1) is 13.8 Å². The maximum atomic E-state index is 2.33. The lowest BCUT2D eigenvalue weighted by molar-refractivity contribution is -0.689. The third kappa shape index (κ3) is 3.40. The molecule has 0 saturated carbocycles. The monoisotopic (exact) mass is 290 g/mol. The van der Waals surface area contributed by atoms with Gasteiger partial charge in [-0.3, -0.25) is 0 Å². The fraction of sp³-hybridized carbons (Fsp3) is 0.200. The predicted molar refractivity (Wildman–Crippen MR) is 87.4 cm³/mol. The minimum atomic E-state index is 0.923. The zero-order chi connectivity index (χ0) is 15.4. The number of rotatable bonds is 4. The molecule has 0 saturated heterocycles. The van der Waals surface area contributed by atoms with Gasteiger partial charge in [0.15, 0.2) is 37.9 Å². The molecule has 2 heterocycles. The van der Waals surface area contributed by atoms with Gasteiger partial charge in [-0.05, 0) is 37.1 Å². The lowest BCUT2D eigenvalue weighted by Crippen LogP contribution is -2.34. The molecule has 110 valence electrons. The van der Waals surface area contributed by atoms with Crippen molar-refractivity contribution in [2.45, 2.75) is 26.9 Å². The lowest BCUT2D eigenvalue weighted by Gasteiger charge is -2.09. The molecule has 0 radical (unpaired) electrons. The Morgan fingerprint density at radius 2 is 0.955 bits per heavy atom. The molecule has 0 bridgehead atoms. The highest BCUT2D eigenvalue weighted by Crippen LogP contribution is 2.16. The summed E-state index contributed by atoms with van der Waals surface area (Å²) in [4.78, 5) is 0. The first kappa shape index (κ1) is 14.5. The summed E-state index contributed by atoms with van der Waals surface area (Å²) in [5, 5.41) is 0. The Kier molecular flexibility index (Phi) is 4.29. The molecular weight excluding hydrogens is 268 g/mol. The van der Waals surface area contributed by atoms with Crippen molar-refractivity contribution in [3.05, 3.63) is 95.6 Å². The van der Waals surface area contributed by atoms with E-state index in [2.05, 4.69) is 96.3 Å². The van der Waals surface area contributed by atoms with E-state index < -0.39 is 0 Å². The van der Waals surface area contributed by atoms with Crippen LogP contribution in [-0.4, -0.2) is 0 Å². The quantitative estimate of drug-likeness (QED) is 0.653. The third-order valence-corrected chi connectivity index (χ3v) is 4.05. The first-order valence-corrected chi connectivity index (χ1v) is 7.69. The van der Waals surface area contributed by atoms with Crippen molar-refractivity contribution in [3.63, 3.8) is 0 Å². The second-order valence-electron chi connectivity index (χ2n) is 5.80. The van der Waals surface area contributed by atoms with Gasteiger partial charge in [0.05, 0.1) is 0 Å². The van der Waals surface area contributed by atoms with Crippen molar-refractivity contribution < 1.29 is 9.13 Å². The molecular formula is C20H22N2+2. The van der Waals surface area contributed by atoms with E-state index in [0.717, 1.165) is 13.1 Å². The molecule has 3 aromatic rings. The van der Waals surface area contributed by atoms with E-state index in [1.165, 1.54) is 22.3 Å². The first-order valence-electron chi connectivity index (χ1n) is 7.69. The summed E-state index contributed by atoms with van der Waals surface area (Å²) in [6.45, 7) is 6.26. The average molecular weight is 290 g/mol. The van der Waals surface area contributed by atoms with Gasteiger partial charge in [-0.25, -0.2) is 9.13 Å². The molecule has 1 aromatic carbocycles. The lowest BCUT2D eigenvalue weighted by atomic mass is 9.99.